The van der Waals surface area contributed by atoms with Gasteiger partial charge in [0.1, 0.15) is 0 Å². The average molecular weight is 636 g/mol. The van der Waals surface area contributed by atoms with Crippen molar-refractivity contribution >= 4 is 54.1 Å². The fraction of sp³-hybridized carbons (Fsp3) is 0.0204. The summed E-state index contributed by atoms with van der Waals surface area (Å²) in [6.45, 7) is 2.25. The molecule has 0 saturated heterocycles. The maximum atomic E-state index is 2.38. The molecule has 0 aliphatic carbocycles. The van der Waals surface area contributed by atoms with Crippen molar-refractivity contribution in [1.29, 1.82) is 0 Å². The number of aromatic nitrogens is 1. The molecule has 0 aliphatic heterocycles. The maximum Gasteiger partial charge on any atom is 0.0541 e. The molecule has 0 atom stereocenters. The van der Waals surface area contributed by atoms with E-state index < -0.39 is 0 Å². The number of nitrogens with zero attached hydrogens (tertiary/aromatic N) is 1. The Balaban J connectivity index is 1.20. The summed E-state index contributed by atoms with van der Waals surface area (Å²) >= 11 is 0. The minimum Gasteiger partial charge on any atom is -0.309 e. The Morgan fingerprint density at radius 1 is 0.320 bits per heavy atom. The first kappa shape index (κ1) is 28.6. The molecule has 0 aliphatic rings. The number of hydrogen-bond donors (Lipinski definition) is 0. The van der Waals surface area contributed by atoms with Crippen molar-refractivity contribution in [3.05, 3.63) is 188 Å². The SMILES string of the molecule is Cc1ccc2ccccc2c1-c1c2ccccc2c(-c2cccc(-c3ccc4c(c3)c3ccccc3n4-c3ccccc3)c2)c2ccccc12. The molecule has 1 heterocycles. The molecular formula is C49H33N. The Bertz CT molecular complexity index is 2870. The molecule has 0 saturated carbocycles. The van der Waals surface area contributed by atoms with Crippen LogP contribution in [0.15, 0.2) is 182 Å². The molecule has 9 aromatic carbocycles. The second-order valence-electron chi connectivity index (χ2n) is 13.3. The van der Waals surface area contributed by atoms with E-state index in [4.69, 9.17) is 0 Å². The fourth-order valence-corrected chi connectivity index (χ4v) is 8.28. The smallest absolute Gasteiger partial charge is 0.0541 e. The van der Waals surface area contributed by atoms with Crippen LogP contribution in [-0.2, 0) is 0 Å². The van der Waals surface area contributed by atoms with Crippen LogP contribution in [-0.4, -0.2) is 4.57 Å². The molecule has 1 aromatic heterocycles. The fourth-order valence-electron chi connectivity index (χ4n) is 8.28. The van der Waals surface area contributed by atoms with Gasteiger partial charge >= 0.3 is 0 Å². The highest BCUT2D eigenvalue weighted by Crippen LogP contribution is 2.47. The summed E-state index contributed by atoms with van der Waals surface area (Å²) in [5.41, 5.74) is 12.5. The van der Waals surface area contributed by atoms with Crippen molar-refractivity contribution in [2.75, 3.05) is 0 Å². The summed E-state index contributed by atoms with van der Waals surface area (Å²) in [5, 5.41) is 10.2. The van der Waals surface area contributed by atoms with Gasteiger partial charge in [-0.25, -0.2) is 0 Å². The summed E-state index contributed by atoms with van der Waals surface area (Å²) in [7, 11) is 0. The van der Waals surface area contributed by atoms with E-state index in [2.05, 4.69) is 193 Å². The first-order valence-electron chi connectivity index (χ1n) is 17.4. The van der Waals surface area contributed by atoms with Gasteiger partial charge in [-0.05, 0) is 115 Å². The topological polar surface area (TPSA) is 4.93 Å². The van der Waals surface area contributed by atoms with Crippen LogP contribution in [0.1, 0.15) is 5.56 Å². The molecule has 1 nitrogen and oxygen atoms in total. The Morgan fingerprint density at radius 2 is 0.880 bits per heavy atom. The lowest BCUT2D eigenvalue weighted by molar-refractivity contribution is 1.18. The van der Waals surface area contributed by atoms with Gasteiger partial charge in [0, 0.05) is 16.5 Å². The highest BCUT2D eigenvalue weighted by atomic mass is 15.0. The van der Waals surface area contributed by atoms with Crippen molar-refractivity contribution in [3.8, 4) is 39.1 Å². The zero-order valence-electron chi connectivity index (χ0n) is 27.8. The number of benzene rings is 9. The van der Waals surface area contributed by atoms with Crippen LogP contribution < -0.4 is 0 Å². The van der Waals surface area contributed by atoms with Crippen LogP contribution in [0.2, 0.25) is 0 Å². The van der Waals surface area contributed by atoms with Crippen LogP contribution in [0.3, 0.4) is 0 Å². The molecule has 0 N–H and O–H groups in total. The number of fused-ring (bicyclic) bond motifs is 6. The first-order chi connectivity index (χ1) is 24.7. The minimum absolute atomic E-state index is 1.18. The van der Waals surface area contributed by atoms with Gasteiger partial charge in [-0.15, -0.1) is 0 Å². The van der Waals surface area contributed by atoms with Gasteiger partial charge in [-0.3, -0.25) is 0 Å². The Morgan fingerprint density at radius 3 is 1.62 bits per heavy atom. The summed E-state index contributed by atoms with van der Waals surface area (Å²) in [4.78, 5) is 0. The van der Waals surface area contributed by atoms with E-state index in [0.717, 1.165) is 0 Å². The average Bonchev–Trinajstić information content (AvgIpc) is 3.51. The summed E-state index contributed by atoms with van der Waals surface area (Å²) in [6.07, 6.45) is 0. The van der Waals surface area contributed by atoms with Gasteiger partial charge in [0.2, 0.25) is 0 Å². The van der Waals surface area contributed by atoms with Crippen LogP contribution in [0, 0.1) is 6.92 Å². The number of para-hydroxylation sites is 2. The molecule has 0 bridgehead atoms. The van der Waals surface area contributed by atoms with Crippen molar-refractivity contribution < 1.29 is 0 Å². The Labute approximate surface area is 291 Å². The lowest BCUT2D eigenvalue weighted by Gasteiger charge is -2.20. The van der Waals surface area contributed by atoms with Gasteiger partial charge in [0.25, 0.3) is 0 Å². The molecule has 0 unspecified atom stereocenters. The second-order valence-corrected chi connectivity index (χ2v) is 13.3. The largest absolute Gasteiger partial charge is 0.309 e. The van der Waals surface area contributed by atoms with Crippen molar-refractivity contribution in [2.45, 2.75) is 6.92 Å². The maximum absolute atomic E-state index is 2.38. The van der Waals surface area contributed by atoms with E-state index in [-0.39, 0.29) is 0 Å². The zero-order valence-corrected chi connectivity index (χ0v) is 27.8. The molecule has 50 heavy (non-hydrogen) atoms. The van der Waals surface area contributed by atoms with E-state index in [1.165, 1.54) is 98.8 Å². The van der Waals surface area contributed by atoms with E-state index in [1.807, 2.05) is 0 Å². The monoisotopic (exact) mass is 635 g/mol. The lowest BCUT2D eigenvalue weighted by Crippen LogP contribution is -1.94. The van der Waals surface area contributed by atoms with Crippen LogP contribution >= 0.6 is 0 Å². The molecular weight excluding hydrogens is 603 g/mol. The molecule has 0 radical (unpaired) electrons. The third-order valence-corrected chi connectivity index (χ3v) is 10.5. The standard InChI is InChI=1S/C49H33N/c1-32-26-27-33-14-5-6-19-38(33)47(32)49-42-23-9-7-21-40(42)48(41-22-8-10-24-43(41)49)36-16-13-15-34(30-36)35-28-29-46-44(31-35)39-20-11-12-25-45(39)50(46)37-17-3-2-4-18-37/h2-31H,1H3. The van der Waals surface area contributed by atoms with E-state index in [0.29, 0.717) is 0 Å². The highest BCUT2D eigenvalue weighted by molar-refractivity contribution is 6.24. The summed E-state index contributed by atoms with van der Waals surface area (Å²) in [5.74, 6) is 0. The minimum atomic E-state index is 1.18. The van der Waals surface area contributed by atoms with Crippen LogP contribution in [0.4, 0.5) is 0 Å². The van der Waals surface area contributed by atoms with Gasteiger partial charge < -0.3 is 4.57 Å². The van der Waals surface area contributed by atoms with E-state index in [1.54, 1.807) is 0 Å². The predicted molar refractivity (Wildman–Crippen MR) is 214 cm³/mol. The quantitative estimate of drug-likeness (QED) is 0.170. The Kier molecular flexibility index (Phi) is 6.47. The number of aryl methyl sites for hydroxylation is 1. The van der Waals surface area contributed by atoms with Gasteiger partial charge in [-0.2, -0.15) is 0 Å². The first-order valence-corrected chi connectivity index (χ1v) is 17.4. The second kappa shape index (κ2) is 11.3. The van der Waals surface area contributed by atoms with Crippen molar-refractivity contribution in [1.82, 2.24) is 4.57 Å². The predicted octanol–water partition coefficient (Wildman–Crippen LogP) is 13.6. The molecule has 0 amide bonds. The van der Waals surface area contributed by atoms with E-state index in [9.17, 15) is 0 Å². The third kappa shape index (κ3) is 4.34. The molecule has 234 valence electrons. The highest BCUT2D eigenvalue weighted by Gasteiger charge is 2.20. The summed E-state index contributed by atoms with van der Waals surface area (Å²) in [6, 6.07) is 66.7. The Hall–Kier alpha value is -6.44. The van der Waals surface area contributed by atoms with Gasteiger partial charge in [0.15, 0.2) is 0 Å². The van der Waals surface area contributed by atoms with Crippen molar-refractivity contribution in [3.63, 3.8) is 0 Å². The number of hydrogen-bond acceptors (Lipinski definition) is 0. The summed E-state index contributed by atoms with van der Waals surface area (Å²) < 4.78 is 2.38. The molecule has 1 heteroatoms. The molecule has 10 aromatic rings. The third-order valence-electron chi connectivity index (χ3n) is 10.5. The van der Waals surface area contributed by atoms with Gasteiger partial charge in [-0.1, -0.05) is 146 Å². The van der Waals surface area contributed by atoms with Crippen molar-refractivity contribution in [2.24, 2.45) is 0 Å². The zero-order chi connectivity index (χ0) is 33.2. The molecule has 10 rings (SSSR count). The van der Waals surface area contributed by atoms with Gasteiger partial charge in [0.05, 0.1) is 11.0 Å². The number of rotatable bonds is 4. The van der Waals surface area contributed by atoms with E-state index >= 15 is 0 Å². The van der Waals surface area contributed by atoms with Crippen LogP contribution in [0.5, 0.6) is 0 Å². The lowest BCUT2D eigenvalue weighted by atomic mass is 9.83. The molecule has 0 spiro atoms. The molecule has 0 fully saturated rings. The van der Waals surface area contributed by atoms with Crippen LogP contribution in [0.25, 0.3) is 93.2 Å². The normalized spacial score (nSPS) is 11.7.